The summed E-state index contributed by atoms with van der Waals surface area (Å²) in [6.45, 7) is 2.83. The first-order valence-electron chi connectivity index (χ1n) is 12.7. The van der Waals surface area contributed by atoms with Crippen LogP contribution in [0.4, 0.5) is 10.5 Å². The minimum atomic E-state index is -0.911. The molecule has 0 aliphatic rings. The smallest absolute Gasteiger partial charge is 0.352 e. The summed E-state index contributed by atoms with van der Waals surface area (Å²) in [5.74, 6) is 0.0524. The first-order chi connectivity index (χ1) is 19.3. The highest BCUT2D eigenvalue weighted by atomic mass is 16.7. The Balaban J connectivity index is 1.34. The minimum absolute atomic E-state index is 0.00529. The lowest BCUT2D eigenvalue weighted by molar-refractivity contribution is -0.141. The van der Waals surface area contributed by atoms with Crippen molar-refractivity contribution in [2.45, 2.75) is 32.7 Å². The lowest BCUT2D eigenvalue weighted by Crippen LogP contribution is -2.37. The summed E-state index contributed by atoms with van der Waals surface area (Å²) in [6.07, 6.45) is 0.00973. The van der Waals surface area contributed by atoms with Crippen LogP contribution >= 0.6 is 0 Å². The fourth-order valence-corrected chi connectivity index (χ4v) is 3.82. The Morgan fingerprint density at radius 2 is 1.80 bits per heavy atom. The van der Waals surface area contributed by atoms with E-state index in [1.165, 1.54) is 13.0 Å². The molecule has 1 atom stereocenters. The fraction of sp³-hybridized carbons (Fsp3) is 0.310. The van der Waals surface area contributed by atoms with Gasteiger partial charge in [0.05, 0.1) is 31.6 Å². The molecule has 2 amide bonds. The van der Waals surface area contributed by atoms with Gasteiger partial charge in [0.1, 0.15) is 18.1 Å². The molecule has 11 nitrogen and oxygen atoms in total. The van der Waals surface area contributed by atoms with Crippen molar-refractivity contribution in [2.75, 3.05) is 31.4 Å². The van der Waals surface area contributed by atoms with E-state index in [-0.39, 0.29) is 19.0 Å². The van der Waals surface area contributed by atoms with Crippen LogP contribution in [0, 0.1) is 0 Å². The molecule has 0 aliphatic carbocycles. The second-order valence-corrected chi connectivity index (χ2v) is 8.95. The summed E-state index contributed by atoms with van der Waals surface area (Å²) in [5, 5.41) is 33.2. The molecule has 0 spiro atoms. The number of aromatic hydroxyl groups is 1. The highest BCUT2D eigenvalue weighted by Gasteiger charge is 2.16. The molecule has 3 aromatic rings. The number of amides is 2. The average molecular weight is 554 g/mol. The molecule has 6 N–H and O–H groups in total. The summed E-state index contributed by atoms with van der Waals surface area (Å²) in [5.41, 5.74) is 8.48. The highest BCUT2D eigenvalue weighted by molar-refractivity contribution is 5.90. The van der Waals surface area contributed by atoms with E-state index < -0.39 is 18.1 Å². The summed E-state index contributed by atoms with van der Waals surface area (Å²) < 4.78 is 11.4. The zero-order chi connectivity index (χ0) is 28.9. The number of ether oxygens (including phenoxy) is 2. The van der Waals surface area contributed by atoms with Gasteiger partial charge in [-0.2, -0.15) is 0 Å². The molecule has 40 heavy (non-hydrogen) atoms. The lowest BCUT2D eigenvalue weighted by atomic mass is 10.1. The summed E-state index contributed by atoms with van der Waals surface area (Å²) in [7, 11) is 0. The van der Waals surface area contributed by atoms with Crippen molar-refractivity contribution in [3.05, 3.63) is 89.0 Å². The number of phenols is 1. The summed E-state index contributed by atoms with van der Waals surface area (Å²) in [4.78, 5) is 27.6. The largest absolute Gasteiger partial charge is 0.508 e. The third-order valence-electron chi connectivity index (χ3n) is 5.84. The molecule has 0 aromatic heterocycles. The molecule has 11 heteroatoms. The van der Waals surface area contributed by atoms with Crippen LogP contribution < -0.4 is 20.9 Å². The maximum absolute atomic E-state index is 11.6. The predicted molar refractivity (Wildman–Crippen MR) is 147 cm³/mol. The van der Waals surface area contributed by atoms with Gasteiger partial charge in [-0.3, -0.25) is 0 Å². The Bertz CT molecular complexity index is 1250. The zero-order valence-corrected chi connectivity index (χ0v) is 22.3. The molecular formula is C29H35N3O8. The number of carbonyl (C=O) groups is 2. The van der Waals surface area contributed by atoms with Gasteiger partial charge in [0.2, 0.25) is 0 Å². The van der Waals surface area contributed by atoms with Gasteiger partial charge in [-0.15, -0.1) is 5.06 Å². The monoisotopic (exact) mass is 553 g/mol. The van der Waals surface area contributed by atoms with Crippen LogP contribution in [-0.4, -0.2) is 53.6 Å². The zero-order valence-electron chi connectivity index (χ0n) is 22.3. The maximum atomic E-state index is 11.6. The molecule has 0 heterocycles. The highest BCUT2D eigenvalue weighted by Crippen LogP contribution is 2.22. The normalized spacial score (nSPS) is 11.6. The topological polar surface area (TPSA) is 164 Å². The van der Waals surface area contributed by atoms with E-state index in [0.717, 1.165) is 22.6 Å². The Morgan fingerprint density at radius 1 is 1.02 bits per heavy atom. The van der Waals surface area contributed by atoms with Gasteiger partial charge in [0.15, 0.2) is 0 Å². The van der Waals surface area contributed by atoms with E-state index in [0.29, 0.717) is 48.9 Å². The number of anilines is 1. The number of hydroxylamine groups is 1. The number of urea groups is 1. The van der Waals surface area contributed by atoms with E-state index in [1.54, 1.807) is 30.3 Å². The third-order valence-corrected chi connectivity index (χ3v) is 5.84. The van der Waals surface area contributed by atoms with E-state index >= 15 is 0 Å². The van der Waals surface area contributed by atoms with Crippen LogP contribution in [-0.2, 0) is 34.0 Å². The van der Waals surface area contributed by atoms with Crippen molar-refractivity contribution < 1.29 is 39.2 Å². The number of benzene rings is 3. The number of hydrogen-bond donors (Lipinski definition) is 5. The van der Waals surface area contributed by atoms with Gasteiger partial charge < -0.3 is 40.7 Å². The number of nitrogens with one attached hydrogen (secondary N) is 1. The van der Waals surface area contributed by atoms with Crippen molar-refractivity contribution >= 4 is 17.7 Å². The van der Waals surface area contributed by atoms with Crippen LogP contribution in [0.2, 0.25) is 0 Å². The molecule has 0 aliphatic heterocycles. The maximum Gasteiger partial charge on any atom is 0.352 e. The molecule has 0 unspecified atom stereocenters. The van der Waals surface area contributed by atoms with Crippen molar-refractivity contribution in [3.63, 3.8) is 0 Å². The number of nitrogens with zero attached hydrogens (tertiary/aromatic N) is 1. The lowest BCUT2D eigenvalue weighted by Gasteiger charge is -2.18. The number of nitrogens with two attached hydrogens (primary N) is 1. The van der Waals surface area contributed by atoms with Crippen molar-refractivity contribution in [1.29, 1.82) is 0 Å². The van der Waals surface area contributed by atoms with E-state index in [9.17, 15) is 24.9 Å². The second-order valence-electron chi connectivity index (χ2n) is 8.95. The number of rotatable bonds is 14. The Hall–Kier alpha value is -4.16. The van der Waals surface area contributed by atoms with E-state index in [4.69, 9.17) is 20.0 Å². The van der Waals surface area contributed by atoms with Crippen LogP contribution in [0.3, 0.4) is 0 Å². The van der Waals surface area contributed by atoms with Crippen LogP contribution in [0.15, 0.2) is 66.7 Å². The molecule has 0 saturated carbocycles. The van der Waals surface area contributed by atoms with Crippen LogP contribution in [0.5, 0.6) is 11.5 Å². The number of aliphatic hydroxyl groups is 2. The van der Waals surface area contributed by atoms with Crippen molar-refractivity contribution in [3.8, 4) is 11.5 Å². The SMILES string of the molecule is CC(=O)ON(C(N)=O)c1cccc(COCCOc2ccc(CCNC[C@@H](O)c3ccc(O)c(CO)c3)cc2)c1. The summed E-state index contributed by atoms with van der Waals surface area (Å²) >= 11 is 0. The molecule has 0 radical (unpaired) electrons. The molecule has 0 bridgehead atoms. The Morgan fingerprint density at radius 3 is 2.50 bits per heavy atom. The number of carbonyl (C=O) groups excluding carboxylic acids is 2. The van der Waals surface area contributed by atoms with Gasteiger partial charge in [-0.25, -0.2) is 9.59 Å². The number of primary amides is 1. The first kappa shape index (κ1) is 30.4. The third kappa shape index (κ3) is 9.54. The van der Waals surface area contributed by atoms with Crippen LogP contribution in [0.25, 0.3) is 0 Å². The van der Waals surface area contributed by atoms with E-state index in [1.807, 2.05) is 30.3 Å². The van der Waals surface area contributed by atoms with Gasteiger partial charge in [0, 0.05) is 19.0 Å². The second kappa shape index (κ2) is 15.4. The predicted octanol–water partition coefficient (Wildman–Crippen LogP) is 2.71. The van der Waals surface area contributed by atoms with Gasteiger partial charge in [-0.1, -0.05) is 30.3 Å². The van der Waals surface area contributed by atoms with Crippen molar-refractivity contribution in [1.82, 2.24) is 5.32 Å². The first-order valence-corrected chi connectivity index (χ1v) is 12.7. The number of hydrogen-bond acceptors (Lipinski definition) is 9. The Labute approximate surface area is 232 Å². The number of aliphatic hydroxyl groups excluding tert-OH is 2. The molecule has 0 saturated heterocycles. The van der Waals surface area contributed by atoms with Gasteiger partial charge >= 0.3 is 12.0 Å². The molecular weight excluding hydrogens is 518 g/mol. The molecule has 3 rings (SSSR count). The standard InChI is InChI=1S/C29H35N3O8/c1-20(34)40-32(29(30)37)25-4-2-3-22(15-25)19-38-13-14-39-26-8-5-21(6-9-26)11-12-31-17-28(36)23-7-10-27(35)24(16-23)18-33/h2-10,15-16,28,31,33,35-36H,11-14,17-19H2,1H3,(H2,30,37)/t28-/m1/s1. The molecule has 0 fully saturated rings. The molecule has 3 aromatic carbocycles. The van der Waals surface area contributed by atoms with Crippen LogP contribution in [0.1, 0.15) is 35.3 Å². The Kier molecular flexibility index (Phi) is 11.7. The fourth-order valence-electron chi connectivity index (χ4n) is 3.82. The minimum Gasteiger partial charge on any atom is -0.508 e. The average Bonchev–Trinajstić information content (AvgIpc) is 2.94. The molecule has 214 valence electrons. The van der Waals surface area contributed by atoms with Crippen molar-refractivity contribution in [2.24, 2.45) is 5.73 Å². The van der Waals surface area contributed by atoms with Gasteiger partial charge in [-0.05, 0) is 66.1 Å². The van der Waals surface area contributed by atoms with E-state index in [2.05, 4.69) is 5.32 Å². The van der Waals surface area contributed by atoms with Gasteiger partial charge in [0.25, 0.3) is 0 Å². The summed E-state index contributed by atoms with van der Waals surface area (Å²) in [6, 6.07) is 18.2. The quantitative estimate of drug-likeness (QED) is 0.149.